The van der Waals surface area contributed by atoms with Gasteiger partial charge in [-0.1, -0.05) is 0 Å². The molecule has 0 aliphatic carbocycles. The molecule has 2 nitrogen and oxygen atoms in total. The summed E-state index contributed by atoms with van der Waals surface area (Å²) in [5.74, 6) is 0. The third-order valence-electron chi connectivity index (χ3n) is 1.87. The number of rotatable bonds is 0. The second-order valence-electron chi connectivity index (χ2n) is 3.53. The maximum Gasteiger partial charge on any atom is 0.445 e. The predicted octanol–water partition coefficient (Wildman–Crippen LogP) is 4.69. The highest BCUT2D eigenvalue weighted by atomic mass is 19.4. The van der Waals surface area contributed by atoms with Gasteiger partial charge in [0.15, 0.2) is 0 Å². The first kappa shape index (κ1) is 24.3. The van der Waals surface area contributed by atoms with Gasteiger partial charge in [-0.2, -0.15) is 63.2 Å². The Kier molecular flexibility index (Phi) is 6.55. The van der Waals surface area contributed by atoms with Crippen LogP contribution < -0.4 is 0 Å². The third-order valence-corrected chi connectivity index (χ3v) is 1.87. The first-order valence-corrected chi connectivity index (χ1v) is 4.59. The fourth-order valence-corrected chi connectivity index (χ4v) is 0.575. The van der Waals surface area contributed by atoms with Crippen molar-refractivity contribution < 1.29 is 61.5 Å². The molecule has 0 atom stereocenters. The molecule has 24 heavy (non-hydrogen) atoms. The van der Waals surface area contributed by atoms with Gasteiger partial charge in [-0.15, -0.1) is 0 Å². The Balaban J connectivity index is 0. The number of hydrogen-bond donors (Lipinski definition) is 0. The summed E-state index contributed by atoms with van der Waals surface area (Å²) >= 11 is 0. The average molecular weight is 390 g/mol. The molecule has 0 aliphatic heterocycles. The van der Waals surface area contributed by atoms with Gasteiger partial charge in [0.1, 0.15) is 12.1 Å². The molecule has 0 unspecified atom stereocenters. The van der Waals surface area contributed by atoms with Crippen molar-refractivity contribution in [3.63, 3.8) is 0 Å². The van der Waals surface area contributed by atoms with Crippen LogP contribution in [-0.4, -0.2) is 36.0 Å². The normalized spacial score (nSPS) is 14.2. The summed E-state index contributed by atoms with van der Waals surface area (Å²) < 4.78 is 159. The van der Waals surface area contributed by atoms with Crippen LogP contribution in [-0.2, 0) is 0 Å². The van der Waals surface area contributed by atoms with E-state index >= 15 is 0 Å². The first-order valence-electron chi connectivity index (χ1n) is 4.59. The topological polar surface area (TPSA) is 47.6 Å². The highest BCUT2D eigenvalue weighted by Crippen LogP contribution is 2.46. The second kappa shape index (κ2) is 6.48. The molecule has 16 heteroatoms. The van der Waals surface area contributed by atoms with E-state index in [1.807, 2.05) is 0 Å². The predicted molar refractivity (Wildman–Crippen MR) is 43.1 cm³/mol. The molecule has 0 spiro atoms. The summed E-state index contributed by atoms with van der Waals surface area (Å²) in [6, 6.07) is -0.917. The molecule has 0 aromatic heterocycles. The van der Waals surface area contributed by atoms with Gasteiger partial charge in [0.05, 0.1) is 0 Å². The van der Waals surface area contributed by atoms with Crippen LogP contribution in [0.25, 0.3) is 0 Å². The molecule has 0 amide bonds. The Morgan fingerprint density at radius 2 is 0.500 bits per heavy atom. The van der Waals surface area contributed by atoms with Crippen LogP contribution in [0.2, 0.25) is 0 Å². The van der Waals surface area contributed by atoms with Crippen molar-refractivity contribution in [2.75, 3.05) is 0 Å². The SMILES string of the molecule is N#CC(F)(C(F)(F)F)C(F)(F)F.N#CC(F)(C(F)(F)F)C(F)(F)F. The zero-order valence-electron chi connectivity index (χ0n) is 10.2. The minimum absolute atomic E-state index is 0.458. The van der Waals surface area contributed by atoms with E-state index in [2.05, 4.69) is 0 Å². The smallest absolute Gasteiger partial charge is 0.207 e. The molecule has 0 saturated heterocycles. The highest BCUT2D eigenvalue weighted by molar-refractivity contribution is 5.12. The molecule has 0 aromatic carbocycles. The van der Waals surface area contributed by atoms with Crippen LogP contribution in [0.5, 0.6) is 0 Å². The first-order chi connectivity index (χ1) is 10.1. The highest BCUT2D eigenvalue weighted by Gasteiger charge is 2.74. The lowest BCUT2D eigenvalue weighted by Gasteiger charge is -2.22. The Labute approximate surface area is 121 Å². The molecule has 0 rings (SSSR count). The van der Waals surface area contributed by atoms with E-state index in [9.17, 15) is 61.5 Å². The number of halogens is 14. The fraction of sp³-hybridized carbons (Fsp3) is 0.750. The van der Waals surface area contributed by atoms with Crippen LogP contribution in [0.15, 0.2) is 0 Å². The van der Waals surface area contributed by atoms with Crippen LogP contribution in [0.3, 0.4) is 0 Å². The van der Waals surface area contributed by atoms with E-state index in [0.29, 0.717) is 0 Å². The van der Waals surface area contributed by atoms with Crippen molar-refractivity contribution in [1.29, 1.82) is 10.5 Å². The summed E-state index contributed by atoms with van der Waals surface area (Å²) in [5, 5.41) is 14.8. The summed E-state index contributed by atoms with van der Waals surface area (Å²) in [6.45, 7) is 0. The lowest BCUT2D eigenvalue weighted by atomic mass is 10.1. The number of nitrogens with zero attached hydrogens (tertiary/aromatic N) is 2. The third kappa shape index (κ3) is 4.51. The van der Waals surface area contributed by atoms with E-state index in [4.69, 9.17) is 10.5 Å². The van der Waals surface area contributed by atoms with Gasteiger partial charge in [-0.3, -0.25) is 0 Å². The Morgan fingerprint density at radius 3 is 0.500 bits per heavy atom. The van der Waals surface area contributed by atoms with Crippen molar-refractivity contribution in [3.8, 4) is 12.1 Å². The lowest BCUT2D eigenvalue weighted by Crippen LogP contribution is -2.51. The maximum atomic E-state index is 11.9. The van der Waals surface area contributed by atoms with Crippen molar-refractivity contribution in [3.05, 3.63) is 0 Å². The summed E-state index contributed by atoms with van der Waals surface area (Å²) in [4.78, 5) is 0. The minimum Gasteiger partial charge on any atom is -0.207 e. The van der Waals surface area contributed by atoms with Crippen LogP contribution in [0, 0.1) is 22.7 Å². The Bertz CT molecular complexity index is 430. The standard InChI is InChI=1S/2C4F7N/c2*5-2(1-12,3(6,7)8)4(9,10)11. The zero-order valence-corrected chi connectivity index (χ0v) is 10.2. The molecule has 140 valence electrons. The van der Waals surface area contributed by atoms with Gasteiger partial charge in [-0.05, 0) is 0 Å². The van der Waals surface area contributed by atoms with E-state index in [1.165, 1.54) is 0 Å². The van der Waals surface area contributed by atoms with E-state index in [1.54, 1.807) is 0 Å². The van der Waals surface area contributed by atoms with Crippen LogP contribution in [0.4, 0.5) is 61.5 Å². The second-order valence-corrected chi connectivity index (χ2v) is 3.53. The van der Waals surface area contributed by atoms with Gasteiger partial charge >= 0.3 is 36.0 Å². The van der Waals surface area contributed by atoms with Crippen molar-refractivity contribution in [1.82, 2.24) is 0 Å². The molecule has 0 fully saturated rings. The van der Waals surface area contributed by atoms with Gasteiger partial charge in [-0.25, -0.2) is 8.78 Å². The van der Waals surface area contributed by atoms with Gasteiger partial charge in [0.2, 0.25) is 0 Å². The summed E-state index contributed by atoms with van der Waals surface area (Å²) in [7, 11) is 0. The molecule has 0 heterocycles. The Hall–Kier alpha value is -2.00. The van der Waals surface area contributed by atoms with E-state index < -0.39 is 48.2 Å². The van der Waals surface area contributed by atoms with Crippen molar-refractivity contribution in [2.45, 2.75) is 36.0 Å². The zero-order chi connectivity index (χ0) is 20.4. The summed E-state index contributed by atoms with van der Waals surface area (Å²) in [6.07, 6.45) is -25.1. The quantitative estimate of drug-likeness (QED) is 0.564. The number of hydrogen-bond acceptors (Lipinski definition) is 2. The molecule has 0 N–H and O–H groups in total. The monoisotopic (exact) mass is 390 g/mol. The molecule has 0 radical (unpaired) electrons. The number of alkyl halides is 14. The maximum absolute atomic E-state index is 11.9. The van der Waals surface area contributed by atoms with Crippen molar-refractivity contribution >= 4 is 0 Å². The minimum atomic E-state index is -6.26. The largest absolute Gasteiger partial charge is 0.445 e. The van der Waals surface area contributed by atoms with Gasteiger partial charge < -0.3 is 0 Å². The van der Waals surface area contributed by atoms with Gasteiger partial charge in [0, 0.05) is 0 Å². The summed E-state index contributed by atoms with van der Waals surface area (Å²) in [5.41, 5.74) is -11.6. The molecule has 0 bridgehead atoms. The van der Waals surface area contributed by atoms with Crippen LogP contribution in [0.1, 0.15) is 0 Å². The average Bonchev–Trinajstić information content (AvgIpc) is 2.31. The van der Waals surface area contributed by atoms with E-state index in [-0.39, 0.29) is 0 Å². The molecular formula is C8F14N2. The van der Waals surface area contributed by atoms with Crippen LogP contribution >= 0.6 is 0 Å². The Morgan fingerprint density at radius 1 is 0.375 bits per heavy atom. The van der Waals surface area contributed by atoms with Crippen molar-refractivity contribution in [2.24, 2.45) is 0 Å². The lowest BCUT2D eigenvalue weighted by molar-refractivity contribution is -0.319. The molecular weight excluding hydrogens is 390 g/mol. The fourth-order valence-electron chi connectivity index (χ4n) is 0.575. The molecule has 0 aromatic rings. The van der Waals surface area contributed by atoms with Gasteiger partial charge in [0.25, 0.3) is 0 Å². The molecule has 0 aliphatic rings. The number of nitriles is 2. The molecule has 0 saturated carbocycles. The van der Waals surface area contributed by atoms with E-state index in [0.717, 1.165) is 0 Å².